The lowest BCUT2D eigenvalue weighted by Gasteiger charge is -2.13. The Kier molecular flexibility index (Phi) is 59.1. The minimum Gasteiger partial charge on any atom is -0.396 e. The molecule has 0 amide bonds. The molecule has 0 aliphatic rings. The molecule has 1 atom stereocenters. The van der Waals surface area contributed by atoms with E-state index in [0.29, 0.717) is 19.1 Å². The van der Waals surface area contributed by atoms with Gasteiger partial charge < -0.3 is 10.2 Å². The fraction of sp³-hybridized carbons (Fsp3) is 1.00. The zero-order valence-corrected chi connectivity index (χ0v) is 39.8. The minimum absolute atomic E-state index is 0.375. The van der Waals surface area contributed by atoms with E-state index in [4.69, 9.17) is 5.11 Å². The highest BCUT2D eigenvalue weighted by Crippen LogP contribution is 2.20. The van der Waals surface area contributed by atoms with E-state index in [2.05, 4.69) is 20.8 Å². The molecule has 2 nitrogen and oxygen atoms in total. The molecule has 0 heterocycles. The van der Waals surface area contributed by atoms with Crippen molar-refractivity contribution in [3.8, 4) is 0 Å². The molecule has 0 aromatic carbocycles. The zero-order valence-electron chi connectivity index (χ0n) is 39.8. The quantitative estimate of drug-likeness (QED) is 0.0603. The number of aliphatic hydroxyl groups excluding tert-OH is 2. The van der Waals surface area contributed by atoms with E-state index in [1.165, 1.54) is 302 Å². The number of aliphatic hydroxyl groups is 2. The second kappa shape index (κ2) is 57.0. The Bertz CT molecular complexity index is 588. The first-order valence-corrected chi connectivity index (χ1v) is 27.0. The van der Waals surface area contributed by atoms with E-state index in [0.717, 1.165) is 6.42 Å². The number of unbranched alkanes of at least 4 members (excludes halogenated alkanes) is 43. The highest BCUT2D eigenvalue weighted by molar-refractivity contribution is 4.60. The van der Waals surface area contributed by atoms with Crippen molar-refractivity contribution in [2.75, 3.05) is 13.2 Å². The second-order valence-electron chi connectivity index (χ2n) is 18.6. The average Bonchev–Trinajstić information content (AvgIpc) is 3.21. The number of hydrogen-bond acceptors (Lipinski definition) is 2. The Hall–Kier alpha value is -0.0800. The summed E-state index contributed by atoms with van der Waals surface area (Å²) in [6.07, 6.45) is 67.9. The summed E-state index contributed by atoms with van der Waals surface area (Å²) in [5, 5.41) is 18.2. The third-order valence-corrected chi connectivity index (χ3v) is 12.7. The summed E-state index contributed by atoms with van der Waals surface area (Å²) in [5.74, 6) is 0.580. The molecule has 0 aliphatic heterocycles. The lowest BCUT2D eigenvalue weighted by atomic mass is 9.95. The van der Waals surface area contributed by atoms with Crippen molar-refractivity contribution in [3.05, 3.63) is 0 Å². The van der Waals surface area contributed by atoms with Gasteiger partial charge in [0.15, 0.2) is 0 Å². The first-order valence-electron chi connectivity index (χ1n) is 27.0. The fourth-order valence-corrected chi connectivity index (χ4v) is 8.60. The van der Waals surface area contributed by atoms with Crippen LogP contribution in [0.25, 0.3) is 0 Å². The molecular formula is C54H112O2. The van der Waals surface area contributed by atoms with Crippen molar-refractivity contribution in [2.24, 2.45) is 5.92 Å². The third kappa shape index (κ3) is 56.0. The third-order valence-electron chi connectivity index (χ3n) is 12.7. The Morgan fingerprint density at radius 1 is 0.214 bits per heavy atom. The van der Waals surface area contributed by atoms with Crippen LogP contribution in [0, 0.1) is 5.92 Å². The van der Waals surface area contributed by atoms with Crippen LogP contribution in [-0.2, 0) is 0 Å². The number of rotatable bonds is 49. The first kappa shape index (κ1) is 58.0. The Morgan fingerprint density at radius 3 is 0.536 bits per heavy atom. The maximum absolute atomic E-state index is 9.47. The highest BCUT2D eigenvalue weighted by atomic mass is 16.3. The highest BCUT2D eigenvalue weighted by Gasteiger charge is 2.07. The van der Waals surface area contributed by atoms with Crippen molar-refractivity contribution < 1.29 is 10.2 Å². The van der Waals surface area contributed by atoms with Gasteiger partial charge in [-0.3, -0.25) is 0 Å². The van der Waals surface area contributed by atoms with Gasteiger partial charge >= 0.3 is 0 Å². The van der Waals surface area contributed by atoms with E-state index in [9.17, 15) is 5.11 Å². The first-order chi connectivity index (χ1) is 27.8. The maximum atomic E-state index is 9.47. The predicted octanol–water partition coefficient (Wildman–Crippen LogP) is 19.4. The van der Waals surface area contributed by atoms with Gasteiger partial charge in [-0.1, -0.05) is 310 Å². The van der Waals surface area contributed by atoms with Crippen LogP contribution in [0.1, 0.15) is 329 Å². The average molecular weight is 793 g/mol. The second-order valence-corrected chi connectivity index (χ2v) is 18.6. The van der Waals surface area contributed by atoms with Gasteiger partial charge in [0.05, 0.1) is 0 Å². The van der Waals surface area contributed by atoms with Crippen LogP contribution in [0.3, 0.4) is 0 Å². The van der Waals surface area contributed by atoms with Crippen molar-refractivity contribution in [2.45, 2.75) is 329 Å². The molecule has 0 bridgehead atoms. The SMILES string of the molecule is CCCCCCCCCCC(CO)CCCCCCCC.CCCCCCCCCCCCCCCCCCCCCCCCCCCCCCCCCCO. The van der Waals surface area contributed by atoms with Crippen molar-refractivity contribution >= 4 is 0 Å². The van der Waals surface area contributed by atoms with Gasteiger partial charge in [-0.25, -0.2) is 0 Å². The molecular weight excluding hydrogens is 681 g/mol. The van der Waals surface area contributed by atoms with Gasteiger partial charge in [0, 0.05) is 13.2 Å². The summed E-state index contributed by atoms with van der Waals surface area (Å²) in [5.41, 5.74) is 0. The molecule has 0 aromatic heterocycles. The minimum atomic E-state index is 0.375. The molecule has 56 heavy (non-hydrogen) atoms. The molecule has 0 radical (unpaired) electrons. The molecule has 0 spiro atoms. The summed E-state index contributed by atoms with van der Waals surface area (Å²) in [7, 11) is 0. The molecule has 0 saturated carbocycles. The van der Waals surface area contributed by atoms with Crippen LogP contribution >= 0.6 is 0 Å². The van der Waals surface area contributed by atoms with Crippen LogP contribution < -0.4 is 0 Å². The Morgan fingerprint density at radius 2 is 0.375 bits per heavy atom. The van der Waals surface area contributed by atoms with Crippen LogP contribution in [0.2, 0.25) is 0 Å². The van der Waals surface area contributed by atoms with Gasteiger partial charge in [-0.05, 0) is 25.2 Å². The van der Waals surface area contributed by atoms with E-state index in [-0.39, 0.29) is 0 Å². The Balaban J connectivity index is 0. The summed E-state index contributed by atoms with van der Waals surface area (Å²) in [6, 6.07) is 0. The molecule has 1 unspecified atom stereocenters. The smallest absolute Gasteiger partial charge is 0.0459 e. The molecule has 2 N–H and O–H groups in total. The molecule has 340 valence electrons. The summed E-state index contributed by atoms with van der Waals surface area (Å²) < 4.78 is 0. The summed E-state index contributed by atoms with van der Waals surface area (Å²) in [6.45, 7) is 7.63. The monoisotopic (exact) mass is 793 g/mol. The topological polar surface area (TPSA) is 40.5 Å². The molecule has 0 aromatic rings. The molecule has 0 rings (SSSR count). The van der Waals surface area contributed by atoms with Gasteiger partial charge in [0.2, 0.25) is 0 Å². The standard InChI is InChI=1S/C34H70O.C20H42O/c1-2-3-4-5-6-7-8-9-10-11-12-13-14-15-16-17-18-19-20-21-22-23-24-25-26-27-28-29-30-31-32-33-34-35;1-3-5-7-9-11-12-14-16-18-20(19-21)17-15-13-10-8-6-4-2/h35H,2-34H2,1H3;20-21H,3-19H2,1-2H3. The largest absolute Gasteiger partial charge is 0.396 e. The predicted molar refractivity (Wildman–Crippen MR) is 256 cm³/mol. The number of hydrogen-bond donors (Lipinski definition) is 2. The normalized spacial score (nSPS) is 11.9. The maximum Gasteiger partial charge on any atom is 0.0459 e. The van der Waals surface area contributed by atoms with E-state index < -0.39 is 0 Å². The summed E-state index contributed by atoms with van der Waals surface area (Å²) in [4.78, 5) is 0. The fourth-order valence-electron chi connectivity index (χ4n) is 8.60. The van der Waals surface area contributed by atoms with Crippen LogP contribution in [0.5, 0.6) is 0 Å². The van der Waals surface area contributed by atoms with Crippen LogP contribution in [-0.4, -0.2) is 23.4 Å². The molecule has 0 fully saturated rings. The lowest BCUT2D eigenvalue weighted by Crippen LogP contribution is -2.06. The van der Waals surface area contributed by atoms with Crippen molar-refractivity contribution in [1.82, 2.24) is 0 Å². The van der Waals surface area contributed by atoms with E-state index in [1.54, 1.807) is 0 Å². The molecule has 2 heteroatoms. The van der Waals surface area contributed by atoms with E-state index >= 15 is 0 Å². The van der Waals surface area contributed by atoms with Crippen LogP contribution in [0.15, 0.2) is 0 Å². The summed E-state index contributed by atoms with van der Waals surface area (Å²) >= 11 is 0. The molecule has 0 saturated heterocycles. The lowest BCUT2D eigenvalue weighted by molar-refractivity contribution is 0.204. The van der Waals surface area contributed by atoms with Gasteiger partial charge in [0.25, 0.3) is 0 Å². The van der Waals surface area contributed by atoms with Crippen LogP contribution in [0.4, 0.5) is 0 Å². The van der Waals surface area contributed by atoms with Gasteiger partial charge in [-0.15, -0.1) is 0 Å². The van der Waals surface area contributed by atoms with Gasteiger partial charge in [-0.2, -0.15) is 0 Å². The van der Waals surface area contributed by atoms with E-state index in [1.807, 2.05) is 0 Å². The zero-order chi connectivity index (χ0) is 40.9. The van der Waals surface area contributed by atoms with Crippen molar-refractivity contribution in [1.29, 1.82) is 0 Å². The molecule has 0 aliphatic carbocycles. The Labute approximate surface area is 357 Å². The van der Waals surface area contributed by atoms with Crippen molar-refractivity contribution in [3.63, 3.8) is 0 Å². The van der Waals surface area contributed by atoms with Gasteiger partial charge in [0.1, 0.15) is 0 Å².